The summed E-state index contributed by atoms with van der Waals surface area (Å²) < 4.78 is 1.89. The van der Waals surface area contributed by atoms with Crippen LogP contribution in [0.15, 0.2) is 42.7 Å². The lowest BCUT2D eigenvalue weighted by Gasteiger charge is -2.11. The van der Waals surface area contributed by atoms with E-state index in [9.17, 15) is 0 Å². The molecule has 0 unspecified atom stereocenters. The molecule has 3 heteroatoms. The van der Waals surface area contributed by atoms with E-state index in [4.69, 9.17) is 5.73 Å². The van der Waals surface area contributed by atoms with Crippen molar-refractivity contribution in [3.8, 4) is 11.1 Å². The molecule has 0 saturated heterocycles. The monoisotopic (exact) mass is 249 g/mol. The summed E-state index contributed by atoms with van der Waals surface area (Å²) >= 11 is 0. The van der Waals surface area contributed by atoms with E-state index in [0.717, 1.165) is 35.2 Å². The zero-order valence-electron chi connectivity index (χ0n) is 10.6. The van der Waals surface area contributed by atoms with Crippen molar-refractivity contribution in [3.63, 3.8) is 0 Å². The second-order valence-corrected chi connectivity index (χ2v) is 5.14. The molecule has 2 aromatic heterocycles. The van der Waals surface area contributed by atoms with Gasteiger partial charge in [-0.05, 0) is 42.5 Å². The number of anilines is 1. The number of nitrogens with two attached hydrogens (primary N) is 1. The third kappa shape index (κ3) is 1.55. The van der Waals surface area contributed by atoms with Gasteiger partial charge in [0.15, 0.2) is 0 Å². The van der Waals surface area contributed by atoms with E-state index in [1.807, 2.05) is 23.0 Å². The molecule has 1 aliphatic carbocycles. The molecule has 0 aliphatic heterocycles. The Kier molecular flexibility index (Phi) is 2.15. The van der Waals surface area contributed by atoms with Crippen LogP contribution in [0.25, 0.3) is 16.6 Å². The molecule has 1 aromatic carbocycles. The Labute approximate surface area is 111 Å². The van der Waals surface area contributed by atoms with Gasteiger partial charge in [0, 0.05) is 29.2 Å². The van der Waals surface area contributed by atoms with E-state index in [0.29, 0.717) is 0 Å². The van der Waals surface area contributed by atoms with Crippen LogP contribution in [0.5, 0.6) is 0 Å². The van der Waals surface area contributed by atoms with E-state index in [1.54, 1.807) is 0 Å². The summed E-state index contributed by atoms with van der Waals surface area (Å²) in [4.78, 5) is 0. The molecule has 3 nitrogen and oxygen atoms in total. The van der Waals surface area contributed by atoms with Gasteiger partial charge in [0.05, 0.1) is 5.52 Å². The summed E-state index contributed by atoms with van der Waals surface area (Å²) in [5, 5.41) is 4.28. The predicted octanol–water partition coefficient (Wildman–Crippen LogP) is 3.07. The molecule has 0 radical (unpaired) electrons. The van der Waals surface area contributed by atoms with Crippen molar-refractivity contribution in [1.82, 2.24) is 9.61 Å². The minimum absolute atomic E-state index is 0.946. The van der Waals surface area contributed by atoms with Crippen molar-refractivity contribution in [2.24, 2.45) is 0 Å². The fourth-order valence-electron chi connectivity index (χ4n) is 3.02. The third-order valence-corrected chi connectivity index (χ3v) is 4.03. The predicted molar refractivity (Wildman–Crippen MR) is 77.1 cm³/mol. The second-order valence-electron chi connectivity index (χ2n) is 5.14. The summed E-state index contributed by atoms with van der Waals surface area (Å²) in [6, 6.07) is 10.6. The average Bonchev–Trinajstić information content (AvgIpc) is 3.07. The molecule has 2 N–H and O–H groups in total. The fraction of sp³-hybridized carbons (Fsp3) is 0.188. The van der Waals surface area contributed by atoms with Crippen molar-refractivity contribution in [2.45, 2.75) is 19.3 Å². The molecule has 4 rings (SSSR count). The minimum Gasteiger partial charge on any atom is -0.398 e. The summed E-state index contributed by atoms with van der Waals surface area (Å²) in [6.07, 6.45) is 7.35. The zero-order chi connectivity index (χ0) is 12.8. The van der Waals surface area contributed by atoms with E-state index in [2.05, 4.69) is 29.4 Å². The molecule has 2 heterocycles. The molecule has 0 saturated carbocycles. The molecule has 3 aromatic rings. The topological polar surface area (TPSA) is 43.3 Å². The number of aromatic nitrogens is 2. The number of benzene rings is 1. The first-order valence-electron chi connectivity index (χ1n) is 6.67. The maximum absolute atomic E-state index is 6.36. The van der Waals surface area contributed by atoms with E-state index >= 15 is 0 Å². The summed E-state index contributed by atoms with van der Waals surface area (Å²) in [5.74, 6) is 0. The Bertz CT molecular complexity index is 771. The maximum atomic E-state index is 6.36. The first-order valence-corrected chi connectivity index (χ1v) is 6.67. The molecule has 0 atom stereocenters. The largest absolute Gasteiger partial charge is 0.398 e. The summed E-state index contributed by atoms with van der Waals surface area (Å²) in [5.41, 5.74) is 13.4. The number of hydrogen-bond donors (Lipinski definition) is 1. The number of rotatable bonds is 1. The number of hydrogen-bond acceptors (Lipinski definition) is 2. The number of pyridine rings is 1. The van der Waals surface area contributed by atoms with Crippen molar-refractivity contribution >= 4 is 11.2 Å². The molecular weight excluding hydrogens is 234 g/mol. The molecule has 0 bridgehead atoms. The van der Waals surface area contributed by atoms with Gasteiger partial charge in [0.1, 0.15) is 0 Å². The molecule has 0 fully saturated rings. The van der Waals surface area contributed by atoms with Crippen LogP contribution in [0.2, 0.25) is 0 Å². The highest BCUT2D eigenvalue weighted by atomic mass is 15.2. The molecule has 94 valence electrons. The first kappa shape index (κ1) is 10.6. The van der Waals surface area contributed by atoms with Crippen LogP contribution in [-0.4, -0.2) is 9.61 Å². The van der Waals surface area contributed by atoms with Crippen LogP contribution in [0.1, 0.15) is 17.5 Å². The minimum atomic E-state index is 0.946. The molecule has 0 spiro atoms. The number of nitrogens with zero attached hydrogens (tertiary/aromatic N) is 2. The Morgan fingerprint density at radius 1 is 1.05 bits per heavy atom. The van der Waals surface area contributed by atoms with Crippen LogP contribution in [0, 0.1) is 0 Å². The quantitative estimate of drug-likeness (QED) is 0.673. The number of nitrogen functional groups attached to an aromatic ring is 1. The third-order valence-electron chi connectivity index (χ3n) is 4.03. The SMILES string of the molecule is Nc1c(-c2ccc3ccnn3c2)ccc2c1CCC2. The highest BCUT2D eigenvalue weighted by Crippen LogP contribution is 2.35. The van der Waals surface area contributed by atoms with Gasteiger partial charge >= 0.3 is 0 Å². The van der Waals surface area contributed by atoms with E-state index in [1.165, 1.54) is 17.5 Å². The highest BCUT2D eigenvalue weighted by Gasteiger charge is 2.16. The van der Waals surface area contributed by atoms with Crippen LogP contribution in [0.3, 0.4) is 0 Å². The first-order chi connectivity index (χ1) is 9.33. The summed E-state index contributed by atoms with van der Waals surface area (Å²) in [7, 11) is 0. The van der Waals surface area contributed by atoms with Crippen molar-refractivity contribution in [3.05, 3.63) is 53.9 Å². The lowest BCUT2D eigenvalue weighted by atomic mass is 9.99. The Hall–Kier alpha value is -2.29. The maximum Gasteiger partial charge on any atom is 0.0661 e. The zero-order valence-corrected chi connectivity index (χ0v) is 10.6. The standard InChI is InChI=1S/C16H15N3/c17-16-14-3-1-2-11(14)5-7-15(16)12-4-6-13-8-9-18-19(13)10-12/h4-10H,1-3,17H2. The van der Waals surface area contributed by atoms with Crippen LogP contribution >= 0.6 is 0 Å². The van der Waals surface area contributed by atoms with Gasteiger partial charge in [-0.3, -0.25) is 0 Å². The Balaban J connectivity index is 1.92. The van der Waals surface area contributed by atoms with Gasteiger partial charge in [-0.15, -0.1) is 0 Å². The van der Waals surface area contributed by atoms with Gasteiger partial charge in [-0.25, -0.2) is 4.52 Å². The molecular formula is C16H15N3. The molecule has 19 heavy (non-hydrogen) atoms. The second kappa shape index (κ2) is 3.85. The fourth-order valence-corrected chi connectivity index (χ4v) is 3.02. The van der Waals surface area contributed by atoms with Crippen molar-refractivity contribution < 1.29 is 0 Å². The van der Waals surface area contributed by atoms with E-state index in [-0.39, 0.29) is 0 Å². The van der Waals surface area contributed by atoms with E-state index < -0.39 is 0 Å². The van der Waals surface area contributed by atoms with Gasteiger partial charge in [0.25, 0.3) is 0 Å². The number of fused-ring (bicyclic) bond motifs is 2. The van der Waals surface area contributed by atoms with Gasteiger partial charge in [-0.2, -0.15) is 5.10 Å². The highest BCUT2D eigenvalue weighted by molar-refractivity contribution is 5.80. The lowest BCUT2D eigenvalue weighted by Crippen LogP contribution is -1.98. The van der Waals surface area contributed by atoms with Crippen molar-refractivity contribution in [2.75, 3.05) is 5.73 Å². The Morgan fingerprint density at radius 3 is 2.95 bits per heavy atom. The van der Waals surface area contributed by atoms with Crippen LogP contribution < -0.4 is 5.73 Å². The summed E-state index contributed by atoms with van der Waals surface area (Å²) in [6.45, 7) is 0. The average molecular weight is 249 g/mol. The molecule has 1 aliphatic rings. The molecule has 0 amide bonds. The van der Waals surface area contributed by atoms with Crippen molar-refractivity contribution in [1.29, 1.82) is 0 Å². The number of aryl methyl sites for hydroxylation is 1. The Morgan fingerprint density at radius 2 is 2.00 bits per heavy atom. The van der Waals surface area contributed by atoms with Gasteiger partial charge in [0.2, 0.25) is 0 Å². The van der Waals surface area contributed by atoms with Crippen LogP contribution in [0.4, 0.5) is 5.69 Å². The van der Waals surface area contributed by atoms with Crippen LogP contribution in [-0.2, 0) is 12.8 Å². The van der Waals surface area contributed by atoms with Gasteiger partial charge in [-0.1, -0.05) is 18.2 Å². The smallest absolute Gasteiger partial charge is 0.0661 e. The lowest BCUT2D eigenvalue weighted by molar-refractivity contribution is 0.912. The van der Waals surface area contributed by atoms with Gasteiger partial charge < -0.3 is 5.73 Å². The normalized spacial score (nSPS) is 13.9.